The van der Waals surface area contributed by atoms with Gasteiger partial charge in [-0.05, 0) is 36.8 Å². The number of amides is 1. The first-order valence-electron chi connectivity index (χ1n) is 7.29. The maximum Gasteiger partial charge on any atom is 0.309 e. The number of ether oxygens (including phenoxy) is 2. The summed E-state index contributed by atoms with van der Waals surface area (Å²) >= 11 is 5.70. The Morgan fingerprint density at radius 3 is 2.79 bits per heavy atom. The number of carbonyl (C=O) groups is 2. The summed E-state index contributed by atoms with van der Waals surface area (Å²) < 4.78 is 10.3. The van der Waals surface area contributed by atoms with E-state index in [-0.39, 0.29) is 19.6 Å². The van der Waals surface area contributed by atoms with Crippen LogP contribution in [0.15, 0.2) is 42.6 Å². The summed E-state index contributed by atoms with van der Waals surface area (Å²) in [7, 11) is 0. The standard InChI is InChI=1S/C17H17ClN2O4/c1-12-3-2-4-14(9-12)23-8-7-17(22)24-11-16(21)20-15-6-5-13(18)10-19-15/h2-6,9-10H,7-8,11H2,1H3,(H,19,20,21). The van der Waals surface area contributed by atoms with Crippen molar-refractivity contribution >= 4 is 29.3 Å². The lowest BCUT2D eigenvalue weighted by Crippen LogP contribution is -2.22. The zero-order valence-corrected chi connectivity index (χ0v) is 13.9. The normalized spacial score (nSPS) is 10.1. The first kappa shape index (κ1) is 17.7. The summed E-state index contributed by atoms with van der Waals surface area (Å²) in [6.45, 7) is 1.76. The molecule has 0 aliphatic heterocycles. The molecule has 1 aromatic carbocycles. The number of benzene rings is 1. The van der Waals surface area contributed by atoms with Crippen LogP contribution in [0.3, 0.4) is 0 Å². The lowest BCUT2D eigenvalue weighted by molar-refractivity contribution is -0.147. The van der Waals surface area contributed by atoms with Gasteiger partial charge in [-0.3, -0.25) is 9.59 Å². The summed E-state index contributed by atoms with van der Waals surface area (Å²) in [6, 6.07) is 10.7. The molecule has 1 heterocycles. The summed E-state index contributed by atoms with van der Waals surface area (Å²) in [5.41, 5.74) is 1.07. The largest absolute Gasteiger partial charge is 0.493 e. The molecule has 0 atom stereocenters. The van der Waals surface area contributed by atoms with Gasteiger partial charge in [0.15, 0.2) is 6.61 Å². The van der Waals surface area contributed by atoms with Gasteiger partial charge in [-0.2, -0.15) is 0 Å². The number of rotatable bonds is 7. The average Bonchev–Trinajstić information content (AvgIpc) is 2.55. The van der Waals surface area contributed by atoms with Gasteiger partial charge in [0.1, 0.15) is 11.6 Å². The highest BCUT2D eigenvalue weighted by Crippen LogP contribution is 2.12. The van der Waals surface area contributed by atoms with Crippen molar-refractivity contribution in [3.8, 4) is 5.75 Å². The summed E-state index contributed by atoms with van der Waals surface area (Å²) in [5, 5.41) is 2.96. The van der Waals surface area contributed by atoms with Crippen molar-refractivity contribution in [3.63, 3.8) is 0 Å². The molecule has 0 bridgehead atoms. The third-order valence-corrected chi connectivity index (χ3v) is 3.15. The van der Waals surface area contributed by atoms with E-state index >= 15 is 0 Å². The van der Waals surface area contributed by atoms with Crippen molar-refractivity contribution < 1.29 is 19.1 Å². The molecule has 2 rings (SSSR count). The van der Waals surface area contributed by atoms with Crippen LogP contribution in [-0.2, 0) is 14.3 Å². The first-order chi connectivity index (χ1) is 11.5. The summed E-state index contributed by atoms with van der Waals surface area (Å²) in [4.78, 5) is 27.1. The highest BCUT2D eigenvalue weighted by Gasteiger charge is 2.09. The number of nitrogens with zero attached hydrogens (tertiary/aromatic N) is 1. The second-order valence-corrected chi connectivity index (χ2v) is 5.42. The second-order valence-electron chi connectivity index (χ2n) is 4.99. The Kier molecular flexibility index (Phi) is 6.57. The Bertz CT molecular complexity index is 704. The molecule has 126 valence electrons. The molecule has 0 fully saturated rings. The van der Waals surface area contributed by atoms with E-state index in [1.165, 1.54) is 6.20 Å². The molecular formula is C17H17ClN2O4. The third-order valence-electron chi connectivity index (χ3n) is 2.92. The number of nitrogens with one attached hydrogen (secondary N) is 1. The van der Waals surface area contributed by atoms with Crippen molar-refractivity contribution in [2.24, 2.45) is 0 Å². The average molecular weight is 349 g/mol. The fourth-order valence-electron chi connectivity index (χ4n) is 1.80. The van der Waals surface area contributed by atoms with Gasteiger partial charge in [0.25, 0.3) is 5.91 Å². The Balaban J connectivity index is 1.65. The number of hydrogen-bond acceptors (Lipinski definition) is 5. The molecule has 24 heavy (non-hydrogen) atoms. The summed E-state index contributed by atoms with van der Waals surface area (Å²) in [5.74, 6) is 0.0391. The topological polar surface area (TPSA) is 77.5 Å². The molecule has 0 spiro atoms. The van der Waals surface area contributed by atoms with Crippen LogP contribution in [0.2, 0.25) is 5.02 Å². The second kappa shape index (κ2) is 8.88. The molecule has 6 nitrogen and oxygen atoms in total. The van der Waals surface area contributed by atoms with E-state index in [2.05, 4.69) is 10.3 Å². The van der Waals surface area contributed by atoms with Gasteiger partial charge in [0.2, 0.25) is 0 Å². The van der Waals surface area contributed by atoms with Crippen molar-refractivity contribution in [3.05, 3.63) is 53.2 Å². The fourth-order valence-corrected chi connectivity index (χ4v) is 1.92. The molecule has 1 amide bonds. The van der Waals surface area contributed by atoms with Gasteiger partial charge in [0, 0.05) is 6.20 Å². The van der Waals surface area contributed by atoms with Gasteiger partial charge in [-0.15, -0.1) is 0 Å². The molecule has 1 aromatic heterocycles. The van der Waals surface area contributed by atoms with Crippen LogP contribution in [0.5, 0.6) is 5.75 Å². The number of aryl methyl sites for hydroxylation is 1. The Hall–Kier alpha value is -2.60. The molecule has 0 aliphatic rings. The van der Waals surface area contributed by atoms with Crippen LogP contribution in [0.4, 0.5) is 5.82 Å². The van der Waals surface area contributed by atoms with E-state index in [0.717, 1.165) is 5.56 Å². The summed E-state index contributed by atoms with van der Waals surface area (Å²) in [6.07, 6.45) is 1.46. The van der Waals surface area contributed by atoms with E-state index in [4.69, 9.17) is 21.1 Å². The van der Waals surface area contributed by atoms with Crippen molar-refractivity contribution in [1.82, 2.24) is 4.98 Å². The van der Waals surface area contributed by atoms with Gasteiger partial charge in [-0.1, -0.05) is 23.7 Å². The van der Waals surface area contributed by atoms with E-state index in [1.807, 2.05) is 31.2 Å². The third kappa shape index (κ3) is 6.26. The molecule has 0 saturated carbocycles. The van der Waals surface area contributed by atoms with Crippen LogP contribution in [0.1, 0.15) is 12.0 Å². The molecule has 2 aromatic rings. The van der Waals surface area contributed by atoms with Gasteiger partial charge in [0.05, 0.1) is 18.1 Å². The minimum absolute atomic E-state index is 0.0560. The Labute approximate surface area is 144 Å². The van der Waals surface area contributed by atoms with Gasteiger partial charge < -0.3 is 14.8 Å². The number of carbonyl (C=O) groups excluding carboxylic acids is 2. The SMILES string of the molecule is Cc1cccc(OCCC(=O)OCC(=O)Nc2ccc(Cl)cn2)c1. The highest BCUT2D eigenvalue weighted by molar-refractivity contribution is 6.30. The Morgan fingerprint density at radius 2 is 2.08 bits per heavy atom. The van der Waals surface area contributed by atoms with Gasteiger partial charge in [-0.25, -0.2) is 4.98 Å². The molecule has 0 unspecified atom stereocenters. The zero-order chi connectivity index (χ0) is 17.4. The van der Waals surface area contributed by atoms with Gasteiger partial charge >= 0.3 is 5.97 Å². The number of aromatic nitrogens is 1. The predicted molar refractivity (Wildman–Crippen MR) is 90.1 cm³/mol. The molecule has 0 saturated heterocycles. The predicted octanol–water partition coefficient (Wildman–Crippen LogP) is 2.99. The fraction of sp³-hybridized carbons (Fsp3) is 0.235. The van der Waals surface area contributed by atoms with Crippen LogP contribution < -0.4 is 10.1 Å². The number of hydrogen-bond donors (Lipinski definition) is 1. The number of halogens is 1. The smallest absolute Gasteiger partial charge is 0.309 e. The number of pyridine rings is 1. The minimum atomic E-state index is -0.512. The van der Waals surface area contributed by atoms with E-state index in [9.17, 15) is 9.59 Å². The maximum atomic E-state index is 11.6. The lowest BCUT2D eigenvalue weighted by atomic mass is 10.2. The van der Waals surface area contributed by atoms with E-state index < -0.39 is 11.9 Å². The molecule has 7 heteroatoms. The van der Waals surface area contributed by atoms with Crippen LogP contribution in [-0.4, -0.2) is 30.1 Å². The Morgan fingerprint density at radius 1 is 1.25 bits per heavy atom. The van der Waals surface area contributed by atoms with Crippen LogP contribution in [0.25, 0.3) is 0 Å². The monoisotopic (exact) mass is 348 g/mol. The molecule has 0 radical (unpaired) electrons. The maximum absolute atomic E-state index is 11.6. The van der Waals surface area contributed by atoms with E-state index in [0.29, 0.717) is 16.6 Å². The molecule has 1 N–H and O–H groups in total. The first-order valence-corrected chi connectivity index (χ1v) is 7.67. The zero-order valence-electron chi connectivity index (χ0n) is 13.1. The molecule has 0 aliphatic carbocycles. The quantitative estimate of drug-likeness (QED) is 0.778. The van der Waals surface area contributed by atoms with Crippen molar-refractivity contribution in [1.29, 1.82) is 0 Å². The van der Waals surface area contributed by atoms with Crippen molar-refractivity contribution in [2.45, 2.75) is 13.3 Å². The van der Waals surface area contributed by atoms with Crippen LogP contribution in [0, 0.1) is 6.92 Å². The minimum Gasteiger partial charge on any atom is -0.493 e. The lowest BCUT2D eigenvalue weighted by Gasteiger charge is -2.08. The number of esters is 1. The molecular weight excluding hydrogens is 332 g/mol. The van der Waals surface area contributed by atoms with Crippen molar-refractivity contribution in [2.75, 3.05) is 18.5 Å². The van der Waals surface area contributed by atoms with E-state index in [1.54, 1.807) is 12.1 Å². The highest BCUT2D eigenvalue weighted by atomic mass is 35.5. The van der Waals surface area contributed by atoms with Crippen LogP contribution >= 0.6 is 11.6 Å². The number of anilines is 1.